The predicted molar refractivity (Wildman–Crippen MR) is 128 cm³/mol. The van der Waals surface area contributed by atoms with Gasteiger partial charge in [0.15, 0.2) is 0 Å². The predicted octanol–water partition coefficient (Wildman–Crippen LogP) is 5.96. The maximum absolute atomic E-state index is 12.3. The van der Waals surface area contributed by atoms with Gasteiger partial charge in [0.05, 0.1) is 0 Å². The minimum atomic E-state index is -0.870. The monoisotopic (exact) mass is 441 g/mol. The first-order valence-corrected chi connectivity index (χ1v) is 10.7. The molecule has 1 unspecified atom stereocenters. The molecule has 0 fully saturated rings. The van der Waals surface area contributed by atoms with Crippen LogP contribution in [0.2, 0.25) is 0 Å². The maximum atomic E-state index is 12.3. The van der Waals surface area contributed by atoms with Crippen LogP contribution in [0.4, 0.5) is 5.69 Å². The lowest BCUT2D eigenvalue weighted by molar-refractivity contribution is -0.140. The first kappa shape index (κ1) is 21.9. The average Bonchev–Trinajstić information content (AvgIpc) is 3.16. The molecule has 33 heavy (non-hydrogen) atoms. The zero-order valence-electron chi connectivity index (χ0n) is 17.9. The molecule has 0 saturated heterocycles. The van der Waals surface area contributed by atoms with Gasteiger partial charge in [0.25, 0.3) is 5.91 Å². The van der Waals surface area contributed by atoms with Crippen molar-refractivity contribution in [3.05, 3.63) is 88.8 Å². The van der Waals surface area contributed by atoms with Crippen LogP contribution >= 0.6 is 0 Å². The number of aliphatic carboxylic acids is 1. The fourth-order valence-electron chi connectivity index (χ4n) is 4.15. The molecule has 1 heterocycles. The molecule has 0 aliphatic rings. The van der Waals surface area contributed by atoms with Crippen molar-refractivity contribution in [3.8, 4) is 0 Å². The number of carbonyl (C=O) groups is 2. The van der Waals surface area contributed by atoms with Gasteiger partial charge in [-0.05, 0) is 49.1 Å². The Morgan fingerprint density at radius 1 is 0.939 bits per heavy atom. The van der Waals surface area contributed by atoms with Crippen LogP contribution in [-0.2, 0) is 4.79 Å². The van der Waals surface area contributed by atoms with Crippen LogP contribution in [0, 0.1) is 0 Å². The van der Waals surface area contributed by atoms with E-state index in [2.05, 4.69) is 15.3 Å². The van der Waals surface area contributed by atoms with E-state index in [1.165, 1.54) is 0 Å². The molecule has 8 heteroatoms. The molecular formula is C25H23N5O3. The quantitative estimate of drug-likeness (QED) is 0.144. The molecule has 4 aromatic rings. The van der Waals surface area contributed by atoms with Crippen LogP contribution in [0.3, 0.4) is 0 Å². The summed E-state index contributed by atoms with van der Waals surface area (Å²) >= 11 is 0. The van der Waals surface area contributed by atoms with Crippen LogP contribution in [0.5, 0.6) is 0 Å². The molecule has 166 valence electrons. The summed E-state index contributed by atoms with van der Waals surface area (Å²) in [5, 5.41) is 18.4. The van der Waals surface area contributed by atoms with E-state index >= 15 is 0 Å². The summed E-state index contributed by atoms with van der Waals surface area (Å²) in [4.78, 5) is 27.2. The molecule has 0 bridgehead atoms. The van der Waals surface area contributed by atoms with E-state index in [1.807, 2.05) is 53.1 Å². The second kappa shape index (κ2) is 9.89. The number of carbonyl (C=O) groups excluding carboxylic acids is 1. The number of amides is 1. The smallest absolute Gasteiger partial charge is 0.326 e. The SMILES string of the molecule is [N-]=[N+]=Nc1ccc(C(=O)NCCCCC(C(=O)O)n2c3ccccc3c3ccccc32)cc1. The van der Waals surface area contributed by atoms with Crippen molar-refractivity contribution in [1.29, 1.82) is 0 Å². The normalized spacial score (nSPS) is 11.8. The minimum Gasteiger partial charge on any atom is -0.480 e. The van der Waals surface area contributed by atoms with E-state index in [0.717, 1.165) is 21.8 Å². The number of unbranched alkanes of at least 4 members (excludes halogenated alkanes) is 1. The highest BCUT2D eigenvalue weighted by Crippen LogP contribution is 2.33. The minimum absolute atomic E-state index is 0.223. The lowest BCUT2D eigenvalue weighted by atomic mass is 10.1. The van der Waals surface area contributed by atoms with Crippen molar-refractivity contribution < 1.29 is 14.7 Å². The Balaban J connectivity index is 1.40. The van der Waals surface area contributed by atoms with Gasteiger partial charge in [-0.15, -0.1) is 0 Å². The maximum Gasteiger partial charge on any atom is 0.326 e. The van der Waals surface area contributed by atoms with Crippen molar-refractivity contribution in [1.82, 2.24) is 9.88 Å². The van der Waals surface area contributed by atoms with Gasteiger partial charge in [0.1, 0.15) is 6.04 Å². The number of rotatable bonds is 9. The summed E-state index contributed by atoms with van der Waals surface area (Å²) in [6.45, 7) is 0.441. The van der Waals surface area contributed by atoms with Gasteiger partial charge in [-0.2, -0.15) is 0 Å². The van der Waals surface area contributed by atoms with Gasteiger partial charge < -0.3 is 15.0 Å². The van der Waals surface area contributed by atoms with E-state index in [0.29, 0.717) is 37.1 Å². The second-order valence-corrected chi connectivity index (χ2v) is 7.75. The third kappa shape index (κ3) is 4.66. The molecule has 0 saturated carbocycles. The molecule has 1 aromatic heterocycles. The molecule has 2 N–H and O–H groups in total. The molecule has 3 aromatic carbocycles. The van der Waals surface area contributed by atoms with Gasteiger partial charge in [0.2, 0.25) is 0 Å². The summed E-state index contributed by atoms with van der Waals surface area (Å²) in [6.07, 6.45) is 1.76. The standard InChI is InChI=1S/C25H23N5O3/c26-29-28-18-14-12-17(13-15-18)24(31)27-16-6-5-11-23(25(32)33)30-21-9-3-1-7-19(21)20-8-2-4-10-22(20)30/h1-4,7-10,12-15,23H,5-6,11,16H2,(H,27,31)(H,32,33). The highest BCUT2D eigenvalue weighted by molar-refractivity contribution is 6.08. The highest BCUT2D eigenvalue weighted by Gasteiger charge is 2.23. The summed E-state index contributed by atoms with van der Waals surface area (Å²) < 4.78 is 1.91. The Labute approximate surface area is 190 Å². The first-order chi connectivity index (χ1) is 16.1. The Morgan fingerprint density at radius 3 is 2.12 bits per heavy atom. The van der Waals surface area contributed by atoms with Crippen LogP contribution in [0.15, 0.2) is 77.9 Å². The number of nitrogens with one attached hydrogen (secondary N) is 1. The lowest BCUT2D eigenvalue weighted by Gasteiger charge is -2.17. The van der Waals surface area contributed by atoms with Crippen molar-refractivity contribution in [2.45, 2.75) is 25.3 Å². The molecule has 4 rings (SSSR count). The van der Waals surface area contributed by atoms with Gasteiger partial charge in [-0.1, -0.05) is 53.6 Å². The number of nitrogens with zero attached hydrogens (tertiary/aromatic N) is 4. The number of azide groups is 1. The third-order valence-electron chi connectivity index (χ3n) is 5.69. The van der Waals surface area contributed by atoms with E-state index < -0.39 is 12.0 Å². The Hall–Kier alpha value is -4.29. The van der Waals surface area contributed by atoms with Crippen LogP contribution in [0.25, 0.3) is 32.2 Å². The number of carboxylic acids is 1. The van der Waals surface area contributed by atoms with Gasteiger partial charge in [0, 0.05) is 44.5 Å². The van der Waals surface area contributed by atoms with Crippen molar-refractivity contribution >= 4 is 39.4 Å². The summed E-state index contributed by atoms with van der Waals surface area (Å²) in [6, 6.07) is 21.4. The fraction of sp³-hybridized carbons (Fsp3) is 0.200. The number of aromatic nitrogens is 1. The summed E-state index contributed by atoms with van der Waals surface area (Å²) in [5.74, 6) is -1.09. The molecular weight excluding hydrogens is 418 g/mol. The zero-order chi connectivity index (χ0) is 23.2. The highest BCUT2D eigenvalue weighted by atomic mass is 16.4. The Kier molecular flexibility index (Phi) is 6.57. The molecule has 8 nitrogen and oxygen atoms in total. The molecule has 0 radical (unpaired) electrons. The van der Waals surface area contributed by atoms with Crippen LogP contribution in [0.1, 0.15) is 35.7 Å². The van der Waals surface area contributed by atoms with Gasteiger partial charge in [-0.3, -0.25) is 4.79 Å². The van der Waals surface area contributed by atoms with Crippen molar-refractivity contribution in [2.75, 3.05) is 6.54 Å². The Bertz CT molecular complexity index is 1300. The molecule has 0 aliphatic heterocycles. The van der Waals surface area contributed by atoms with Gasteiger partial charge in [-0.25, -0.2) is 4.79 Å². The fourth-order valence-corrected chi connectivity index (χ4v) is 4.15. The number of carboxylic acid groups (broad SMARTS) is 1. The second-order valence-electron chi connectivity index (χ2n) is 7.75. The number of benzene rings is 3. The van der Waals surface area contributed by atoms with E-state index in [9.17, 15) is 14.7 Å². The van der Waals surface area contributed by atoms with Gasteiger partial charge >= 0.3 is 5.97 Å². The van der Waals surface area contributed by atoms with E-state index in [-0.39, 0.29) is 5.91 Å². The van der Waals surface area contributed by atoms with E-state index in [1.54, 1.807) is 24.3 Å². The number of fused-ring (bicyclic) bond motifs is 3. The largest absolute Gasteiger partial charge is 0.480 e. The molecule has 0 aliphatic carbocycles. The summed E-state index contributed by atoms with van der Waals surface area (Å²) in [5.41, 5.74) is 11.2. The Morgan fingerprint density at radius 2 is 1.55 bits per heavy atom. The average molecular weight is 441 g/mol. The zero-order valence-corrected chi connectivity index (χ0v) is 17.9. The first-order valence-electron chi connectivity index (χ1n) is 10.7. The topological polar surface area (TPSA) is 120 Å². The van der Waals surface area contributed by atoms with Crippen molar-refractivity contribution in [3.63, 3.8) is 0 Å². The lowest BCUT2D eigenvalue weighted by Crippen LogP contribution is -2.25. The molecule has 1 amide bonds. The summed E-state index contributed by atoms with van der Waals surface area (Å²) in [7, 11) is 0. The van der Waals surface area contributed by atoms with Crippen molar-refractivity contribution in [2.24, 2.45) is 5.11 Å². The van der Waals surface area contributed by atoms with Crippen LogP contribution in [-0.4, -0.2) is 28.1 Å². The van der Waals surface area contributed by atoms with E-state index in [4.69, 9.17) is 5.53 Å². The molecule has 0 spiro atoms. The number of para-hydroxylation sites is 2. The number of hydrogen-bond acceptors (Lipinski definition) is 3. The third-order valence-corrected chi connectivity index (χ3v) is 5.69. The number of hydrogen-bond donors (Lipinski definition) is 2. The molecule has 1 atom stereocenters. The van der Waals surface area contributed by atoms with Crippen LogP contribution < -0.4 is 5.32 Å².